The van der Waals surface area contributed by atoms with Crippen LogP contribution in [0.4, 0.5) is 8.78 Å². The van der Waals surface area contributed by atoms with Gasteiger partial charge in [0.15, 0.2) is 0 Å². The van der Waals surface area contributed by atoms with E-state index in [0.717, 1.165) is 101 Å². The number of hydrogen-bond acceptors (Lipinski definition) is 12. The summed E-state index contributed by atoms with van der Waals surface area (Å²) in [4.78, 5) is 93.6. The van der Waals surface area contributed by atoms with Gasteiger partial charge in [0.25, 0.3) is 11.8 Å². The summed E-state index contributed by atoms with van der Waals surface area (Å²) in [7, 11) is 3.43. The van der Waals surface area contributed by atoms with Crippen molar-refractivity contribution in [2.24, 2.45) is 11.8 Å². The normalized spacial score (nSPS) is 18.8. The molecule has 2 aromatic heterocycles. The van der Waals surface area contributed by atoms with Crippen molar-refractivity contribution in [3.8, 4) is 22.3 Å². The second kappa shape index (κ2) is 31.2. The van der Waals surface area contributed by atoms with Crippen LogP contribution in [0.15, 0.2) is 73.3 Å². The Morgan fingerprint density at radius 3 is 1.47 bits per heavy atom. The quantitative estimate of drug-likeness (QED) is 0.0323. The maximum absolute atomic E-state index is 15.1. The predicted molar refractivity (Wildman–Crippen MR) is 312 cm³/mol. The summed E-state index contributed by atoms with van der Waals surface area (Å²) in [6.45, 7) is 4.78. The van der Waals surface area contributed by atoms with Gasteiger partial charge in [-0.3, -0.25) is 38.7 Å². The molecule has 83 heavy (non-hydrogen) atoms. The molecular formula is C63H84F2N10O8. The lowest BCUT2D eigenvalue weighted by molar-refractivity contribution is -0.139. The molecule has 448 valence electrons. The Kier molecular flexibility index (Phi) is 23.5. The first-order valence-electron chi connectivity index (χ1n) is 30.1. The Morgan fingerprint density at radius 2 is 1.02 bits per heavy atom. The molecular weight excluding hydrogens is 1060 g/mol. The molecule has 8 rings (SSSR count). The minimum atomic E-state index is -0.660. The molecule has 4 aliphatic rings. The number of carbonyl (C=O) groups is 6. The van der Waals surface area contributed by atoms with Crippen molar-refractivity contribution in [3.63, 3.8) is 0 Å². The van der Waals surface area contributed by atoms with Gasteiger partial charge in [-0.15, -0.1) is 0 Å². The number of hydrogen-bond donors (Lipinski definition) is 6. The van der Waals surface area contributed by atoms with Crippen molar-refractivity contribution >= 4 is 35.4 Å². The second-order valence-corrected chi connectivity index (χ2v) is 22.6. The fourth-order valence-electron chi connectivity index (χ4n) is 12.2. The van der Waals surface area contributed by atoms with Gasteiger partial charge >= 0.3 is 0 Å². The number of carbonyl (C=O) groups excluding carboxylic acids is 6. The summed E-state index contributed by atoms with van der Waals surface area (Å²) in [6.07, 6.45) is 20.8. The Labute approximate surface area is 486 Å². The summed E-state index contributed by atoms with van der Waals surface area (Å²) < 4.78 is 41.6. The van der Waals surface area contributed by atoms with E-state index >= 15 is 8.78 Å². The molecule has 6 amide bonds. The van der Waals surface area contributed by atoms with Gasteiger partial charge in [0.1, 0.15) is 23.7 Å². The minimum absolute atomic E-state index is 0.0678. The summed E-state index contributed by atoms with van der Waals surface area (Å²) in [6, 6.07) is 10.5. The zero-order valence-corrected chi connectivity index (χ0v) is 48.5. The molecule has 5 atom stereocenters. The van der Waals surface area contributed by atoms with Gasteiger partial charge in [0.2, 0.25) is 23.6 Å². The first-order valence-corrected chi connectivity index (χ1v) is 30.1. The van der Waals surface area contributed by atoms with Crippen molar-refractivity contribution in [3.05, 3.63) is 107 Å². The van der Waals surface area contributed by atoms with Crippen LogP contribution >= 0.6 is 0 Å². The SMILES string of the molecule is CNCC(=O)NC(C(=O)N1CCCC1c1cncc(-c2ccc(F)c(C(=O)NCCCOCCOCCCNC(=O)c3cc(-c4cncc(C5CCCN5C(=O)C(NC(=O)C(C)NC)C5CCCCC5)c4)ccc3F)c2)c1)C1CCCCC1. The Bertz CT molecular complexity index is 2850. The zero-order chi connectivity index (χ0) is 58.7. The number of likely N-dealkylation sites (tertiary alicyclic amines) is 2. The Morgan fingerprint density at radius 1 is 0.566 bits per heavy atom. The first-order chi connectivity index (χ1) is 40.3. The van der Waals surface area contributed by atoms with E-state index < -0.39 is 41.6 Å². The topological polar surface area (TPSA) is 225 Å². The summed E-state index contributed by atoms with van der Waals surface area (Å²) in [5.41, 5.74) is 4.04. The number of ether oxygens (including phenoxy) is 2. The number of pyridine rings is 2. The Balaban J connectivity index is 0.740. The van der Waals surface area contributed by atoms with Crippen LogP contribution in [0.3, 0.4) is 0 Å². The lowest BCUT2D eigenvalue weighted by Gasteiger charge is -2.35. The van der Waals surface area contributed by atoms with Gasteiger partial charge in [0.05, 0.1) is 49.0 Å². The number of aromatic nitrogens is 2. The highest BCUT2D eigenvalue weighted by Crippen LogP contribution is 2.38. The van der Waals surface area contributed by atoms with E-state index in [1.54, 1.807) is 57.9 Å². The molecule has 0 bridgehead atoms. The monoisotopic (exact) mass is 1150 g/mol. The third-order valence-electron chi connectivity index (χ3n) is 16.9. The van der Waals surface area contributed by atoms with Crippen LogP contribution in [-0.2, 0) is 28.7 Å². The summed E-state index contributed by atoms with van der Waals surface area (Å²) >= 11 is 0. The average molecular weight is 1150 g/mol. The molecule has 0 spiro atoms. The van der Waals surface area contributed by atoms with Crippen LogP contribution in [0.1, 0.15) is 154 Å². The molecule has 4 fully saturated rings. The van der Waals surface area contributed by atoms with Crippen molar-refractivity contribution in [2.75, 3.05) is 73.2 Å². The predicted octanol–water partition coefficient (Wildman–Crippen LogP) is 7.35. The van der Waals surface area contributed by atoms with Crippen LogP contribution in [-0.4, -0.2) is 147 Å². The smallest absolute Gasteiger partial charge is 0.254 e. The van der Waals surface area contributed by atoms with Crippen molar-refractivity contribution in [1.29, 1.82) is 0 Å². The van der Waals surface area contributed by atoms with Gasteiger partial charge in [0, 0.05) is 75.3 Å². The van der Waals surface area contributed by atoms with E-state index in [2.05, 4.69) is 41.9 Å². The molecule has 4 aromatic rings. The zero-order valence-electron chi connectivity index (χ0n) is 48.5. The Hall–Kier alpha value is -6.74. The number of likely N-dealkylation sites (N-methyl/N-ethyl adjacent to an activating group) is 2. The number of nitrogens with one attached hydrogen (secondary N) is 6. The van der Waals surface area contributed by atoms with E-state index in [9.17, 15) is 28.8 Å². The van der Waals surface area contributed by atoms with E-state index in [0.29, 0.717) is 74.6 Å². The summed E-state index contributed by atoms with van der Waals surface area (Å²) in [5.74, 6) is -2.85. The number of benzene rings is 2. The largest absolute Gasteiger partial charge is 0.379 e. The fourth-order valence-corrected chi connectivity index (χ4v) is 12.2. The molecule has 0 radical (unpaired) electrons. The molecule has 2 aliphatic heterocycles. The standard InChI is InChI=1S/C63H84F2N10O8/c1-41(67-3)59(77)73-58(43-16-8-5-9-17-43)63(81)75-27-11-19-55(75)49-33-47(37-69-39-49)45-21-23-53(65)51(35-45)61(79)71-25-13-29-83-31-30-82-28-12-24-70-60(78)50-34-44(20-22-52(50)64)46-32-48(38-68-36-46)54-18-10-26-74(54)62(80)57(72-56(76)40-66-2)42-14-6-4-7-15-42/h20-23,32-39,41-43,54-55,57-58,66-67H,4-19,24-31,40H2,1-3H3,(H,70,78)(H,71,79)(H,72,76)(H,73,77). The van der Waals surface area contributed by atoms with E-state index in [1.807, 2.05) is 21.9 Å². The lowest BCUT2D eigenvalue weighted by Crippen LogP contribution is -2.55. The maximum Gasteiger partial charge on any atom is 0.254 e. The van der Waals surface area contributed by atoms with Crippen molar-refractivity contribution in [2.45, 2.75) is 140 Å². The third-order valence-corrected chi connectivity index (χ3v) is 16.9. The molecule has 6 N–H and O–H groups in total. The van der Waals surface area contributed by atoms with E-state index in [4.69, 9.17) is 9.47 Å². The van der Waals surface area contributed by atoms with Crippen molar-refractivity contribution < 1.29 is 47.0 Å². The summed E-state index contributed by atoms with van der Waals surface area (Å²) in [5, 5.41) is 17.5. The van der Waals surface area contributed by atoms with Crippen LogP contribution in [0.2, 0.25) is 0 Å². The molecule has 2 aliphatic carbocycles. The minimum Gasteiger partial charge on any atom is -0.379 e. The number of halogens is 2. The van der Waals surface area contributed by atoms with Gasteiger partial charge in [-0.25, -0.2) is 8.78 Å². The van der Waals surface area contributed by atoms with Gasteiger partial charge in [-0.05, 0) is 156 Å². The van der Waals surface area contributed by atoms with Crippen molar-refractivity contribution in [1.82, 2.24) is 51.7 Å². The van der Waals surface area contributed by atoms with Crippen LogP contribution in [0.25, 0.3) is 22.3 Å². The molecule has 5 unspecified atom stereocenters. The highest BCUT2D eigenvalue weighted by Gasteiger charge is 2.41. The molecule has 4 heterocycles. The second-order valence-electron chi connectivity index (χ2n) is 22.6. The highest BCUT2D eigenvalue weighted by atomic mass is 19.1. The molecule has 20 heteroatoms. The van der Waals surface area contributed by atoms with E-state index in [-0.39, 0.29) is 78.3 Å². The van der Waals surface area contributed by atoms with E-state index in [1.165, 1.54) is 24.3 Å². The maximum atomic E-state index is 15.1. The first kappa shape index (κ1) is 62.3. The molecule has 18 nitrogen and oxygen atoms in total. The number of amides is 6. The van der Waals surface area contributed by atoms with Crippen LogP contribution in [0, 0.1) is 23.5 Å². The third kappa shape index (κ3) is 16.8. The lowest BCUT2D eigenvalue weighted by atomic mass is 9.83. The molecule has 2 saturated carbocycles. The molecule has 2 saturated heterocycles. The molecule has 2 aromatic carbocycles. The van der Waals surface area contributed by atoms with Crippen LogP contribution in [0.5, 0.6) is 0 Å². The van der Waals surface area contributed by atoms with Crippen LogP contribution < -0.4 is 31.9 Å². The number of nitrogens with zero attached hydrogens (tertiary/aromatic N) is 4. The average Bonchev–Trinajstić information content (AvgIpc) is 4.29. The highest BCUT2D eigenvalue weighted by molar-refractivity contribution is 5.97. The fraction of sp³-hybridized carbons (Fsp3) is 0.556. The van der Waals surface area contributed by atoms with Gasteiger partial charge in [-0.1, -0.05) is 50.7 Å². The number of rotatable bonds is 27. The van der Waals surface area contributed by atoms with Gasteiger partial charge < -0.3 is 51.2 Å². The van der Waals surface area contributed by atoms with Gasteiger partial charge in [-0.2, -0.15) is 0 Å².